The number of nitrogens with one attached hydrogen (secondary N) is 1. The van der Waals surface area contributed by atoms with Gasteiger partial charge < -0.3 is 5.32 Å². The minimum Gasteiger partial charge on any atom is -0.311 e. The predicted molar refractivity (Wildman–Crippen MR) is 76.4 cm³/mol. The first-order valence-electron chi connectivity index (χ1n) is 6.01. The molecule has 0 saturated carbocycles. The summed E-state index contributed by atoms with van der Waals surface area (Å²) in [5, 5.41) is 3.17. The monoisotopic (exact) mass is 323 g/mol. The Morgan fingerprint density at radius 3 is 2.84 bits per heavy atom. The fraction of sp³-hybridized carbons (Fsp3) is 0.286. The van der Waals surface area contributed by atoms with Crippen LogP contribution in [-0.4, -0.2) is 17.0 Å². The summed E-state index contributed by atoms with van der Waals surface area (Å²) in [6, 6.07) is 6.78. The van der Waals surface area contributed by atoms with Crippen LogP contribution >= 0.6 is 15.9 Å². The van der Waals surface area contributed by atoms with Gasteiger partial charge >= 0.3 is 0 Å². The average Bonchev–Trinajstić information content (AvgIpc) is 2.39. The van der Waals surface area contributed by atoms with Gasteiger partial charge in [0.2, 0.25) is 0 Å². The summed E-state index contributed by atoms with van der Waals surface area (Å²) in [7, 11) is 1.85. The van der Waals surface area contributed by atoms with Crippen molar-refractivity contribution in [1.82, 2.24) is 15.3 Å². The molecule has 1 aromatic carbocycles. The van der Waals surface area contributed by atoms with Gasteiger partial charge in [-0.1, -0.05) is 15.9 Å². The van der Waals surface area contributed by atoms with Gasteiger partial charge in [-0.2, -0.15) is 0 Å². The molecule has 0 aliphatic rings. The molecule has 1 heterocycles. The molecule has 19 heavy (non-hydrogen) atoms. The lowest BCUT2D eigenvalue weighted by Gasteiger charge is -2.16. The van der Waals surface area contributed by atoms with Crippen molar-refractivity contribution < 1.29 is 4.39 Å². The van der Waals surface area contributed by atoms with Crippen LogP contribution in [-0.2, 0) is 6.42 Å². The zero-order chi connectivity index (χ0) is 13.8. The zero-order valence-electron chi connectivity index (χ0n) is 10.8. The molecular formula is C14H15BrFN3. The highest BCUT2D eigenvalue weighted by Gasteiger charge is 2.14. The van der Waals surface area contributed by atoms with Crippen molar-refractivity contribution in [3.8, 4) is 0 Å². The summed E-state index contributed by atoms with van der Waals surface area (Å²) in [5.74, 6) is 0.515. The number of nitrogens with zero attached hydrogens (tertiary/aromatic N) is 2. The summed E-state index contributed by atoms with van der Waals surface area (Å²) >= 11 is 3.36. The Morgan fingerprint density at radius 1 is 1.37 bits per heavy atom. The molecule has 2 rings (SSSR count). The van der Waals surface area contributed by atoms with E-state index >= 15 is 0 Å². The zero-order valence-corrected chi connectivity index (χ0v) is 12.4. The highest BCUT2D eigenvalue weighted by Crippen LogP contribution is 2.21. The van der Waals surface area contributed by atoms with Gasteiger partial charge in [-0.3, -0.25) is 0 Å². The summed E-state index contributed by atoms with van der Waals surface area (Å²) in [6.07, 6.45) is 2.26. The number of rotatable bonds is 4. The molecule has 5 heteroatoms. The van der Waals surface area contributed by atoms with Gasteiger partial charge in [-0.25, -0.2) is 14.4 Å². The maximum absolute atomic E-state index is 13.8. The van der Waals surface area contributed by atoms with E-state index in [0.29, 0.717) is 17.8 Å². The van der Waals surface area contributed by atoms with Gasteiger partial charge in [-0.05, 0) is 50.2 Å². The fourth-order valence-corrected chi connectivity index (χ4v) is 2.35. The third kappa shape index (κ3) is 3.58. The maximum Gasteiger partial charge on any atom is 0.126 e. The molecule has 0 saturated heterocycles. The molecule has 2 aromatic rings. The molecule has 1 atom stereocenters. The van der Waals surface area contributed by atoms with Crippen LogP contribution in [0.25, 0.3) is 0 Å². The third-order valence-electron chi connectivity index (χ3n) is 2.93. The highest BCUT2D eigenvalue weighted by atomic mass is 79.9. The van der Waals surface area contributed by atoms with Gasteiger partial charge in [0.15, 0.2) is 0 Å². The lowest BCUT2D eigenvalue weighted by molar-refractivity contribution is 0.542. The number of hydrogen-bond donors (Lipinski definition) is 1. The summed E-state index contributed by atoms with van der Waals surface area (Å²) in [5.41, 5.74) is 1.53. The molecule has 0 spiro atoms. The van der Waals surface area contributed by atoms with Crippen LogP contribution in [0.5, 0.6) is 0 Å². The SMILES string of the molecule is CNC(Cc1cc(Br)ccc1F)c1ccnc(C)n1. The van der Waals surface area contributed by atoms with Gasteiger partial charge in [-0.15, -0.1) is 0 Å². The first kappa shape index (κ1) is 14.1. The molecule has 3 nitrogen and oxygen atoms in total. The Balaban J connectivity index is 2.26. The molecule has 1 unspecified atom stereocenters. The molecular weight excluding hydrogens is 309 g/mol. The first-order chi connectivity index (χ1) is 9.10. The van der Waals surface area contributed by atoms with Crippen LogP contribution in [0, 0.1) is 12.7 Å². The van der Waals surface area contributed by atoms with Crippen molar-refractivity contribution in [2.24, 2.45) is 0 Å². The molecule has 0 fully saturated rings. The number of halogens is 2. The fourth-order valence-electron chi connectivity index (χ4n) is 1.94. The maximum atomic E-state index is 13.8. The first-order valence-corrected chi connectivity index (χ1v) is 6.80. The van der Waals surface area contributed by atoms with Crippen molar-refractivity contribution in [2.45, 2.75) is 19.4 Å². The Kier molecular flexibility index (Phi) is 4.61. The quantitative estimate of drug-likeness (QED) is 0.939. The van der Waals surface area contributed by atoms with Gasteiger partial charge in [0, 0.05) is 10.7 Å². The second-order valence-electron chi connectivity index (χ2n) is 4.31. The smallest absolute Gasteiger partial charge is 0.126 e. The van der Waals surface area contributed by atoms with E-state index in [0.717, 1.165) is 10.2 Å². The molecule has 0 bridgehead atoms. The Morgan fingerprint density at radius 2 is 2.16 bits per heavy atom. The second-order valence-corrected chi connectivity index (χ2v) is 5.23. The van der Waals surface area contributed by atoms with E-state index in [4.69, 9.17) is 0 Å². The Labute approximate surface area is 120 Å². The molecule has 0 amide bonds. The highest BCUT2D eigenvalue weighted by molar-refractivity contribution is 9.10. The van der Waals surface area contributed by atoms with Crippen LogP contribution in [0.1, 0.15) is 23.1 Å². The summed E-state index contributed by atoms with van der Waals surface area (Å²) < 4.78 is 14.7. The Bertz CT molecular complexity index is 574. The van der Waals surface area contributed by atoms with Crippen molar-refractivity contribution in [1.29, 1.82) is 0 Å². The number of aryl methyl sites for hydroxylation is 1. The standard InChI is InChI=1S/C14H15BrFN3/c1-9-18-6-5-13(19-9)14(17-2)8-10-7-11(15)3-4-12(10)16/h3-7,14,17H,8H2,1-2H3. The van der Waals surface area contributed by atoms with E-state index in [1.54, 1.807) is 18.3 Å². The number of likely N-dealkylation sites (N-methyl/N-ethyl adjacent to an activating group) is 1. The molecule has 100 valence electrons. The van der Waals surface area contributed by atoms with Gasteiger partial charge in [0.1, 0.15) is 11.6 Å². The lowest BCUT2D eigenvalue weighted by Crippen LogP contribution is -2.21. The van der Waals surface area contributed by atoms with Gasteiger partial charge in [0.25, 0.3) is 0 Å². The minimum absolute atomic E-state index is 0.0366. The van der Waals surface area contributed by atoms with E-state index in [1.165, 1.54) is 6.07 Å². The molecule has 0 aliphatic carbocycles. The number of aromatic nitrogens is 2. The van der Waals surface area contributed by atoms with Gasteiger partial charge in [0.05, 0.1) is 11.7 Å². The second kappa shape index (κ2) is 6.21. The van der Waals surface area contributed by atoms with Crippen LogP contribution in [0.3, 0.4) is 0 Å². The van der Waals surface area contributed by atoms with Crippen LogP contribution in [0.4, 0.5) is 4.39 Å². The third-order valence-corrected chi connectivity index (χ3v) is 3.43. The Hall–Kier alpha value is -1.33. The number of hydrogen-bond acceptors (Lipinski definition) is 3. The van der Waals surface area contributed by atoms with E-state index in [1.807, 2.05) is 20.0 Å². The van der Waals surface area contributed by atoms with Crippen molar-refractivity contribution in [3.05, 3.63) is 57.8 Å². The predicted octanol–water partition coefficient (Wildman–Crippen LogP) is 3.19. The normalized spacial score (nSPS) is 12.4. The van der Waals surface area contributed by atoms with Crippen molar-refractivity contribution in [3.63, 3.8) is 0 Å². The van der Waals surface area contributed by atoms with E-state index < -0.39 is 0 Å². The van der Waals surface area contributed by atoms with Crippen LogP contribution < -0.4 is 5.32 Å². The van der Waals surface area contributed by atoms with Crippen molar-refractivity contribution >= 4 is 15.9 Å². The minimum atomic E-state index is -0.200. The number of benzene rings is 1. The van der Waals surface area contributed by atoms with E-state index in [-0.39, 0.29) is 11.9 Å². The van der Waals surface area contributed by atoms with Crippen molar-refractivity contribution in [2.75, 3.05) is 7.05 Å². The topological polar surface area (TPSA) is 37.8 Å². The molecule has 0 aliphatic heterocycles. The molecule has 0 radical (unpaired) electrons. The molecule has 1 N–H and O–H groups in total. The largest absolute Gasteiger partial charge is 0.311 e. The van der Waals surface area contributed by atoms with E-state index in [2.05, 4.69) is 31.2 Å². The summed E-state index contributed by atoms with van der Waals surface area (Å²) in [6.45, 7) is 1.84. The lowest BCUT2D eigenvalue weighted by atomic mass is 10.0. The van der Waals surface area contributed by atoms with Crippen LogP contribution in [0.2, 0.25) is 0 Å². The average molecular weight is 324 g/mol. The molecule has 1 aromatic heterocycles. The van der Waals surface area contributed by atoms with E-state index in [9.17, 15) is 4.39 Å². The van der Waals surface area contributed by atoms with Crippen LogP contribution in [0.15, 0.2) is 34.9 Å². The summed E-state index contributed by atoms with van der Waals surface area (Å²) in [4.78, 5) is 8.46.